The van der Waals surface area contributed by atoms with E-state index >= 15 is 0 Å². The van der Waals surface area contributed by atoms with Gasteiger partial charge in [-0.3, -0.25) is 19.2 Å². The molecule has 94 heavy (non-hydrogen) atoms. The zero-order chi connectivity index (χ0) is 67.7. The number of ketones is 4. The van der Waals surface area contributed by atoms with Gasteiger partial charge in [0.25, 0.3) is 0 Å². The fraction of sp³-hybridized carbons (Fsp3) is 0.314. The molecule has 4 heterocycles. The third-order valence-electron chi connectivity index (χ3n) is 16.5. The average molecular weight is 1300 g/mol. The Morgan fingerprint density at radius 2 is 0.777 bits per heavy atom. The molecule has 0 radical (unpaired) electrons. The molecule has 6 aromatic rings. The van der Waals surface area contributed by atoms with Gasteiger partial charge >= 0.3 is 0 Å². The van der Waals surface area contributed by atoms with Gasteiger partial charge < -0.3 is 97.0 Å². The standard InChI is InChI=1S/C18H18O7.C18H20O6.C17H16O6.C17H18O5/c1-22-16-12(19)5-4-9-6-10(8-25-15(9)16)11-7-13(20)17(23-2)18(24-3)14(11)21;1-21-15-8-13(20)17(22-2)18(23-3)16(15)11-6-10-4-5-12(19)7-14(10)24-9-11;1-21-16-13(19)7-12(15(20)17(16)22-2)10-5-9-3-4-11(18)6-14(9)23-8-10;1-20-14-6-5-13(17(21-2)16(14)19)11-7-10-3-4-12(18)8-15(10)22-9-11/h4-5,7,10,19H,6,8H2,1-3H3;4-5,7-8,11,19-20H,6,9H2,1-3H3;3-4,6-7,10,18H,5,8H2,1-2H3;3-6,8,11,18-19H,7,9H2,1-2H3. The maximum Gasteiger partial charge on any atom is 0.228 e. The smallest absolute Gasteiger partial charge is 0.228 e. The lowest BCUT2D eigenvalue weighted by molar-refractivity contribution is -0.121. The van der Waals surface area contributed by atoms with Gasteiger partial charge in [-0.1, -0.05) is 30.3 Å². The second kappa shape index (κ2) is 29.5. The Balaban J connectivity index is 0.000000148. The number of hydrogen-bond acceptors (Lipinski definition) is 24. The number of benzene rings is 6. The molecular weight excluding hydrogens is 1220 g/mol. The van der Waals surface area contributed by atoms with E-state index in [-0.39, 0.29) is 117 Å². The lowest BCUT2D eigenvalue weighted by atomic mass is 9.84. The maximum atomic E-state index is 12.7. The molecule has 0 aromatic heterocycles. The molecule has 0 bridgehead atoms. The van der Waals surface area contributed by atoms with Crippen LogP contribution in [0.4, 0.5) is 0 Å². The SMILES string of the molecule is COC1=C(OC)C(=O)C(C2COc3c(ccc(O)c3OC)C2)=CC1=O.COC1=C(OC)C(=O)C(C2COc3cc(O)ccc3C2)=CC1=O.COc1cc(O)c(OC)c(OC)c1C1COc2cc(O)ccc2C1.COc1ccc(C2COc3cc(O)ccc3C2)c(OC)c1O. The van der Waals surface area contributed by atoms with Gasteiger partial charge in [0.15, 0.2) is 34.5 Å². The van der Waals surface area contributed by atoms with Gasteiger partial charge in [-0.05, 0) is 90.4 Å². The number of carbonyl (C=O) groups excluding carboxylic acids is 4. The minimum atomic E-state index is -0.414. The Hall–Kier alpha value is -11.0. The zero-order valence-electron chi connectivity index (χ0n) is 53.2. The van der Waals surface area contributed by atoms with Crippen molar-refractivity contribution in [2.75, 3.05) is 97.5 Å². The highest BCUT2D eigenvalue weighted by atomic mass is 16.5. The number of Topliss-reactive ketones (excluding diaryl/α,β-unsaturated/α-hetero) is 2. The first kappa shape index (κ1) is 67.4. The van der Waals surface area contributed by atoms with Crippen LogP contribution in [0, 0.1) is 11.8 Å². The predicted molar refractivity (Wildman–Crippen MR) is 335 cm³/mol. The highest BCUT2D eigenvalue weighted by Gasteiger charge is 2.39. The Morgan fingerprint density at radius 1 is 0.362 bits per heavy atom. The van der Waals surface area contributed by atoms with E-state index < -0.39 is 11.6 Å². The van der Waals surface area contributed by atoms with Crippen molar-refractivity contribution in [2.45, 2.75) is 37.5 Å². The van der Waals surface area contributed by atoms with Crippen LogP contribution in [0.3, 0.4) is 0 Å². The first-order chi connectivity index (χ1) is 45.3. The highest BCUT2D eigenvalue weighted by molar-refractivity contribution is 6.22. The monoisotopic (exact) mass is 1300 g/mol. The molecule has 0 amide bonds. The molecule has 24 nitrogen and oxygen atoms in total. The van der Waals surface area contributed by atoms with Crippen LogP contribution in [0.1, 0.15) is 45.2 Å². The number of rotatable bonds is 14. The van der Waals surface area contributed by atoms with E-state index in [4.69, 9.17) is 66.3 Å². The number of hydrogen-bond donors (Lipinski definition) is 6. The fourth-order valence-corrected chi connectivity index (χ4v) is 11.9. The summed E-state index contributed by atoms with van der Waals surface area (Å²) in [4.78, 5) is 49.5. The minimum Gasteiger partial charge on any atom is -0.508 e. The van der Waals surface area contributed by atoms with E-state index in [1.54, 1.807) is 55.6 Å². The van der Waals surface area contributed by atoms with Crippen molar-refractivity contribution in [1.82, 2.24) is 0 Å². The Labute approximate surface area is 540 Å². The summed E-state index contributed by atoms with van der Waals surface area (Å²) in [6.07, 6.45) is 5.02. The molecule has 4 unspecified atom stereocenters. The van der Waals surface area contributed by atoms with Gasteiger partial charge in [0, 0.05) is 70.2 Å². The summed E-state index contributed by atoms with van der Waals surface area (Å²) in [7, 11) is 14.3. The van der Waals surface area contributed by atoms with E-state index in [9.17, 15) is 49.8 Å². The summed E-state index contributed by atoms with van der Waals surface area (Å²) < 4.78 is 74.8. The van der Waals surface area contributed by atoms with Crippen molar-refractivity contribution >= 4 is 23.1 Å². The van der Waals surface area contributed by atoms with Crippen LogP contribution >= 0.6 is 0 Å². The van der Waals surface area contributed by atoms with Crippen LogP contribution in [0.2, 0.25) is 0 Å². The molecule has 2 aliphatic carbocycles. The van der Waals surface area contributed by atoms with Crippen molar-refractivity contribution in [3.8, 4) is 92.0 Å². The third kappa shape index (κ3) is 13.8. The lowest BCUT2D eigenvalue weighted by Gasteiger charge is -2.29. The highest BCUT2D eigenvalue weighted by Crippen LogP contribution is 2.51. The minimum absolute atomic E-state index is 0.000923. The first-order valence-corrected chi connectivity index (χ1v) is 29.4. The first-order valence-electron chi connectivity index (χ1n) is 29.4. The van der Waals surface area contributed by atoms with Crippen LogP contribution in [-0.2, 0) is 63.8 Å². The normalized spacial score (nSPS) is 18.3. The molecule has 496 valence electrons. The fourth-order valence-electron chi connectivity index (χ4n) is 11.9. The molecule has 6 aliphatic rings. The van der Waals surface area contributed by atoms with Crippen LogP contribution in [0.5, 0.6) is 92.0 Å². The van der Waals surface area contributed by atoms with Crippen LogP contribution in [0.25, 0.3) is 0 Å². The lowest BCUT2D eigenvalue weighted by Crippen LogP contribution is -2.31. The molecule has 6 aromatic carbocycles. The van der Waals surface area contributed by atoms with Crippen molar-refractivity contribution in [1.29, 1.82) is 0 Å². The summed E-state index contributed by atoms with van der Waals surface area (Å²) in [5.41, 5.74) is 6.00. The van der Waals surface area contributed by atoms with Crippen LogP contribution < -0.4 is 47.4 Å². The number of allylic oxidation sites excluding steroid dienone is 4. The molecule has 0 spiro atoms. The van der Waals surface area contributed by atoms with Gasteiger partial charge in [-0.15, -0.1) is 0 Å². The van der Waals surface area contributed by atoms with Gasteiger partial charge in [-0.2, -0.15) is 0 Å². The van der Waals surface area contributed by atoms with Gasteiger partial charge in [0.2, 0.25) is 63.4 Å². The van der Waals surface area contributed by atoms with Crippen molar-refractivity contribution < 1.29 is 116 Å². The molecule has 12 rings (SSSR count). The number of ether oxygens (including phenoxy) is 14. The summed E-state index contributed by atoms with van der Waals surface area (Å²) in [6.45, 7) is 1.28. The number of phenols is 6. The quantitative estimate of drug-likeness (QED) is 0.0555. The number of aromatic hydroxyl groups is 6. The zero-order valence-corrected chi connectivity index (χ0v) is 53.2. The van der Waals surface area contributed by atoms with Gasteiger partial charge in [0.05, 0.1) is 97.5 Å². The molecule has 24 heteroatoms. The average Bonchev–Trinajstić information content (AvgIpc) is 0.822. The van der Waals surface area contributed by atoms with Gasteiger partial charge in [-0.25, -0.2) is 0 Å². The van der Waals surface area contributed by atoms with Crippen molar-refractivity contribution in [3.63, 3.8) is 0 Å². The summed E-state index contributed by atoms with van der Waals surface area (Å²) in [6, 6.07) is 23.4. The van der Waals surface area contributed by atoms with Gasteiger partial charge in [0.1, 0.15) is 40.2 Å². The molecule has 4 atom stereocenters. The number of fused-ring (bicyclic) bond motifs is 4. The number of phenolic OH excluding ortho intramolecular Hbond substituents is 6. The molecule has 4 aliphatic heterocycles. The van der Waals surface area contributed by atoms with E-state index in [1.165, 1.54) is 94.3 Å². The topological polar surface area (TPSA) is 319 Å². The maximum absolute atomic E-state index is 12.7. The Morgan fingerprint density at radius 3 is 1.23 bits per heavy atom. The largest absolute Gasteiger partial charge is 0.508 e. The van der Waals surface area contributed by atoms with E-state index in [1.807, 2.05) is 18.2 Å². The molecular formula is C70H72O24. The second-order valence-corrected chi connectivity index (χ2v) is 21.9. The summed E-state index contributed by atoms with van der Waals surface area (Å²) in [5, 5.41) is 58.7. The molecule has 6 N–H and O–H groups in total. The number of carbonyl (C=O) groups is 4. The van der Waals surface area contributed by atoms with E-state index in [0.29, 0.717) is 89.6 Å². The van der Waals surface area contributed by atoms with Crippen LogP contribution in [-0.4, -0.2) is 151 Å². The van der Waals surface area contributed by atoms with Crippen molar-refractivity contribution in [3.05, 3.63) is 165 Å². The summed E-state index contributed by atoms with van der Waals surface area (Å²) >= 11 is 0. The third-order valence-corrected chi connectivity index (χ3v) is 16.5. The van der Waals surface area contributed by atoms with Crippen molar-refractivity contribution in [2.24, 2.45) is 11.8 Å². The summed E-state index contributed by atoms with van der Waals surface area (Å²) in [5.74, 6) is 2.66. The second-order valence-electron chi connectivity index (χ2n) is 21.9. The van der Waals surface area contributed by atoms with E-state index in [0.717, 1.165) is 39.8 Å². The van der Waals surface area contributed by atoms with Crippen LogP contribution in [0.15, 0.2) is 131 Å². The Bertz CT molecular complexity index is 4020. The molecule has 0 saturated carbocycles. The Kier molecular flexibility index (Phi) is 21.1. The van der Waals surface area contributed by atoms with E-state index in [2.05, 4.69) is 0 Å². The number of methoxy groups -OCH3 is 10. The molecule has 0 saturated heterocycles. The predicted octanol–water partition coefficient (Wildman–Crippen LogP) is 8.74. The molecule has 0 fully saturated rings.